The number of carbonyl (C=O) groups excluding carboxylic acids is 1. The Kier molecular flexibility index (Phi) is 6.83. The van der Waals surface area contributed by atoms with Gasteiger partial charge in [0.05, 0.1) is 25.5 Å². The van der Waals surface area contributed by atoms with Crippen LogP contribution in [0.5, 0.6) is 11.5 Å². The van der Waals surface area contributed by atoms with Crippen molar-refractivity contribution < 1.29 is 24.2 Å². The number of aromatic carboxylic acids is 1. The van der Waals surface area contributed by atoms with E-state index in [-0.39, 0.29) is 11.5 Å². The number of benzene rings is 3. The number of nitrogens with zero attached hydrogens (tertiary/aromatic N) is 3. The van der Waals surface area contributed by atoms with Gasteiger partial charge in [0, 0.05) is 47.2 Å². The highest BCUT2D eigenvalue weighted by Gasteiger charge is 2.14. The number of hydrogen-bond donors (Lipinski definition) is 3. The number of anilines is 3. The summed E-state index contributed by atoms with van der Waals surface area (Å²) in [6.07, 6.45) is 5.34. The van der Waals surface area contributed by atoms with Crippen molar-refractivity contribution in [3.63, 3.8) is 0 Å². The number of rotatable bonds is 8. The minimum absolute atomic E-state index is 0.188. The number of fused-ring (bicyclic) bond motifs is 1. The molecule has 5 aromatic rings. The van der Waals surface area contributed by atoms with Crippen molar-refractivity contribution in [2.24, 2.45) is 0 Å². The van der Waals surface area contributed by atoms with Gasteiger partial charge < -0.3 is 29.6 Å². The number of nitrogens with one attached hydrogen (secondary N) is 2. The van der Waals surface area contributed by atoms with E-state index in [2.05, 4.69) is 15.6 Å². The summed E-state index contributed by atoms with van der Waals surface area (Å²) in [5, 5.41) is 15.4. The summed E-state index contributed by atoms with van der Waals surface area (Å²) in [7, 11) is 3.15. The molecule has 10 heteroatoms. The molecule has 0 atom stereocenters. The van der Waals surface area contributed by atoms with Crippen LogP contribution in [-0.2, 0) is 0 Å². The van der Waals surface area contributed by atoms with Crippen molar-refractivity contribution in [2.45, 2.75) is 6.92 Å². The molecule has 5 rings (SSSR count). The van der Waals surface area contributed by atoms with Gasteiger partial charge in [0.2, 0.25) is 0 Å². The van der Waals surface area contributed by atoms with Crippen LogP contribution in [0.15, 0.2) is 79.3 Å². The first-order chi connectivity index (χ1) is 18.9. The van der Waals surface area contributed by atoms with Gasteiger partial charge >= 0.3 is 5.97 Å². The molecule has 196 valence electrons. The lowest BCUT2D eigenvalue weighted by Crippen LogP contribution is -2.12. The number of methoxy groups -OCH3 is 2. The highest BCUT2D eigenvalue weighted by molar-refractivity contribution is 6.05. The number of aryl methyl sites for hydroxylation is 1. The number of carboxylic acids is 1. The smallest absolute Gasteiger partial charge is 0.335 e. The lowest BCUT2D eigenvalue weighted by Gasteiger charge is -2.13. The Hall–Kier alpha value is -5.38. The van der Waals surface area contributed by atoms with Gasteiger partial charge in [-0.05, 0) is 55.0 Å². The van der Waals surface area contributed by atoms with E-state index in [0.717, 1.165) is 11.3 Å². The van der Waals surface area contributed by atoms with Crippen molar-refractivity contribution in [3.05, 3.63) is 95.9 Å². The summed E-state index contributed by atoms with van der Waals surface area (Å²) >= 11 is 0. The molecule has 39 heavy (non-hydrogen) atoms. The van der Waals surface area contributed by atoms with E-state index >= 15 is 0 Å². The molecule has 0 spiro atoms. The summed E-state index contributed by atoms with van der Waals surface area (Å²) < 4.78 is 12.6. The lowest BCUT2D eigenvalue weighted by atomic mass is 10.1. The molecule has 3 N–H and O–H groups in total. The SMILES string of the molecule is COc1ccc(Nc2nc(-c3cccc(C(=O)Nc4ccc(C(=O)O)c(C)c4)c3)cn3ccnc23)cc1OC. The Morgan fingerprint density at radius 2 is 1.74 bits per heavy atom. The van der Waals surface area contributed by atoms with Crippen LogP contribution < -0.4 is 20.1 Å². The fourth-order valence-electron chi connectivity index (χ4n) is 4.21. The number of hydrogen-bond acceptors (Lipinski definition) is 7. The lowest BCUT2D eigenvalue weighted by molar-refractivity contribution is 0.0696. The van der Waals surface area contributed by atoms with E-state index in [1.54, 1.807) is 63.7 Å². The summed E-state index contributed by atoms with van der Waals surface area (Å²) in [6.45, 7) is 1.69. The van der Waals surface area contributed by atoms with Crippen LogP contribution in [-0.4, -0.2) is 45.6 Å². The van der Waals surface area contributed by atoms with Crippen LogP contribution >= 0.6 is 0 Å². The van der Waals surface area contributed by atoms with E-state index in [9.17, 15) is 14.7 Å². The molecule has 0 saturated heterocycles. The summed E-state index contributed by atoms with van der Waals surface area (Å²) in [5.74, 6) is 0.365. The highest BCUT2D eigenvalue weighted by Crippen LogP contribution is 2.32. The second-order valence-corrected chi connectivity index (χ2v) is 8.70. The normalized spacial score (nSPS) is 10.7. The number of aromatic nitrogens is 3. The predicted octanol–water partition coefficient (Wildman–Crippen LogP) is 5.42. The molecule has 2 aromatic heterocycles. The fraction of sp³-hybridized carbons (Fsp3) is 0.103. The topological polar surface area (TPSA) is 127 Å². The van der Waals surface area contributed by atoms with Crippen LogP contribution in [0.25, 0.3) is 16.9 Å². The van der Waals surface area contributed by atoms with Gasteiger partial charge in [-0.2, -0.15) is 0 Å². The molecule has 2 heterocycles. The molecule has 0 aliphatic rings. The van der Waals surface area contributed by atoms with Gasteiger partial charge in [0.1, 0.15) is 0 Å². The van der Waals surface area contributed by atoms with Crippen molar-refractivity contribution >= 4 is 34.7 Å². The molecule has 0 aliphatic heterocycles. The Morgan fingerprint density at radius 1 is 0.949 bits per heavy atom. The summed E-state index contributed by atoms with van der Waals surface area (Å²) in [6, 6.07) is 17.2. The molecule has 0 radical (unpaired) electrons. The number of imidazole rings is 1. The monoisotopic (exact) mass is 523 g/mol. The number of carboxylic acid groups (broad SMARTS) is 1. The van der Waals surface area contributed by atoms with Gasteiger partial charge in [-0.15, -0.1) is 0 Å². The van der Waals surface area contributed by atoms with Gasteiger partial charge in [-0.3, -0.25) is 4.79 Å². The molecule has 1 amide bonds. The molecule has 3 aromatic carbocycles. The first-order valence-corrected chi connectivity index (χ1v) is 11.9. The molecular weight excluding hydrogens is 498 g/mol. The van der Waals surface area contributed by atoms with E-state index in [4.69, 9.17) is 14.5 Å². The zero-order chi connectivity index (χ0) is 27.5. The third-order valence-corrected chi connectivity index (χ3v) is 6.16. The van der Waals surface area contributed by atoms with Gasteiger partial charge in [0.25, 0.3) is 5.91 Å². The van der Waals surface area contributed by atoms with Gasteiger partial charge in [-0.1, -0.05) is 12.1 Å². The Labute approximate surface area is 223 Å². The molecule has 0 fully saturated rings. The summed E-state index contributed by atoms with van der Waals surface area (Å²) in [4.78, 5) is 33.5. The van der Waals surface area contributed by atoms with Crippen molar-refractivity contribution in [3.8, 4) is 22.8 Å². The van der Waals surface area contributed by atoms with Crippen LogP contribution in [0, 0.1) is 6.92 Å². The average Bonchev–Trinajstić information content (AvgIpc) is 3.42. The highest BCUT2D eigenvalue weighted by atomic mass is 16.5. The van der Waals surface area contributed by atoms with Gasteiger partial charge in [0.15, 0.2) is 23.0 Å². The van der Waals surface area contributed by atoms with Crippen LogP contribution in [0.1, 0.15) is 26.3 Å². The molecule has 0 bridgehead atoms. The Balaban J connectivity index is 1.44. The fourth-order valence-corrected chi connectivity index (χ4v) is 4.21. The maximum Gasteiger partial charge on any atom is 0.335 e. The Bertz CT molecular complexity index is 1710. The van der Waals surface area contributed by atoms with E-state index < -0.39 is 5.97 Å². The van der Waals surface area contributed by atoms with Crippen molar-refractivity contribution in [2.75, 3.05) is 24.9 Å². The van der Waals surface area contributed by atoms with E-state index in [1.165, 1.54) is 6.07 Å². The first kappa shape index (κ1) is 25.3. The van der Waals surface area contributed by atoms with E-state index in [1.807, 2.05) is 35.0 Å². The molecular formula is C29H25N5O5. The largest absolute Gasteiger partial charge is 0.493 e. The van der Waals surface area contributed by atoms with Crippen LogP contribution in [0.4, 0.5) is 17.2 Å². The number of amides is 1. The quantitative estimate of drug-likeness (QED) is 0.246. The zero-order valence-electron chi connectivity index (χ0n) is 21.4. The minimum Gasteiger partial charge on any atom is -0.493 e. The van der Waals surface area contributed by atoms with Crippen molar-refractivity contribution in [1.82, 2.24) is 14.4 Å². The number of ether oxygens (including phenoxy) is 2. The van der Waals surface area contributed by atoms with Gasteiger partial charge in [-0.25, -0.2) is 14.8 Å². The minimum atomic E-state index is -1.01. The molecule has 0 unspecified atom stereocenters. The molecule has 0 aliphatic carbocycles. The molecule has 0 saturated carbocycles. The predicted molar refractivity (Wildman–Crippen MR) is 147 cm³/mol. The molecule has 10 nitrogen and oxygen atoms in total. The standard InChI is InChI=1S/C29H25N5O5/c1-17-13-20(7-9-22(17)29(36)37)32-28(35)19-6-4-5-18(14-19)23-16-34-12-11-30-27(34)26(33-23)31-21-8-10-24(38-2)25(15-21)39-3/h4-16H,1-3H3,(H,31,33)(H,32,35)(H,36,37). The number of carbonyl (C=O) groups is 2. The maximum atomic E-state index is 13.0. The third-order valence-electron chi connectivity index (χ3n) is 6.16. The van der Waals surface area contributed by atoms with Crippen LogP contribution in [0.2, 0.25) is 0 Å². The second kappa shape index (κ2) is 10.5. The summed E-state index contributed by atoms with van der Waals surface area (Å²) in [5.41, 5.74) is 4.39. The average molecular weight is 524 g/mol. The third kappa shape index (κ3) is 5.21. The van der Waals surface area contributed by atoms with E-state index in [0.29, 0.717) is 45.5 Å². The maximum absolute atomic E-state index is 13.0. The first-order valence-electron chi connectivity index (χ1n) is 11.9. The van der Waals surface area contributed by atoms with Crippen molar-refractivity contribution in [1.29, 1.82) is 0 Å². The van der Waals surface area contributed by atoms with Crippen LogP contribution in [0.3, 0.4) is 0 Å². The Morgan fingerprint density at radius 3 is 2.49 bits per heavy atom. The zero-order valence-corrected chi connectivity index (χ0v) is 21.4. The second-order valence-electron chi connectivity index (χ2n) is 8.70.